The van der Waals surface area contributed by atoms with Crippen LogP contribution in [-0.2, 0) is 9.53 Å². The fourth-order valence-corrected chi connectivity index (χ4v) is 3.10. The van der Waals surface area contributed by atoms with Gasteiger partial charge < -0.3 is 10.1 Å². The summed E-state index contributed by atoms with van der Waals surface area (Å²) < 4.78 is 4.97. The van der Waals surface area contributed by atoms with E-state index in [9.17, 15) is 14.9 Å². The second kappa shape index (κ2) is 9.21. The van der Waals surface area contributed by atoms with Crippen LogP contribution in [-0.4, -0.2) is 18.5 Å². The molecule has 0 fully saturated rings. The number of hydrogen-bond acceptors (Lipinski definition) is 5. The van der Waals surface area contributed by atoms with Gasteiger partial charge in [-0.15, -0.1) is 11.3 Å². The van der Waals surface area contributed by atoms with Gasteiger partial charge in [0.25, 0.3) is 0 Å². The molecule has 0 spiro atoms. The number of rotatable bonds is 8. The van der Waals surface area contributed by atoms with Crippen molar-refractivity contribution in [1.29, 1.82) is 5.26 Å². The van der Waals surface area contributed by atoms with E-state index in [1.165, 1.54) is 0 Å². The highest BCUT2D eigenvalue weighted by Gasteiger charge is 2.21. The number of hydrogen-bond donors (Lipinski definition) is 1. The van der Waals surface area contributed by atoms with Crippen LogP contribution in [0.3, 0.4) is 0 Å². The van der Waals surface area contributed by atoms with E-state index in [1.54, 1.807) is 13.8 Å². The van der Waals surface area contributed by atoms with Gasteiger partial charge in [0, 0.05) is 6.42 Å². The fraction of sp³-hybridized carbons (Fsp3) is 0.562. The zero-order chi connectivity index (χ0) is 16.5. The standard InChI is InChI=1S/C16H22N2O3S/c1-4-6-7-8-9-13(19)18-15-12(10-17)11(3)14(22-15)16(20)21-5-2/h4-9H2,1-3H3,(H,18,19). The number of nitriles is 1. The Kier molecular flexibility index (Phi) is 7.61. The third-order valence-corrected chi connectivity index (χ3v) is 4.42. The van der Waals surface area contributed by atoms with Gasteiger partial charge in [0.05, 0.1) is 12.2 Å². The Morgan fingerprint density at radius 2 is 2.00 bits per heavy atom. The number of carbonyl (C=O) groups excluding carboxylic acids is 2. The van der Waals surface area contributed by atoms with Crippen LogP contribution < -0.4 is 5.32 Å². The van der Waals surface area contributed by atoms with Crippen molar-refractivity contribution < 1.29 is 14.3 Å². The van der Waals surface area contributed by atoms with Crippen molar-refractivity contribution in [1.82, 2.24) is 0 Å². The highest BCUT2D eigenvalue weighted by molar-refractivity contribution is 7.18. The molecule has 0 aliphatic carbocycles. The Labute approximate surface area is 135 Å². The van der Waals surface area contributed by atoms with Crippen molar-refractivity contribution in [2.45, 2.75) is 52.9 Å². The molecule has 1 aromatic heterocycles. The van der Waals surface area contributed by atoms with E-state index < -0.39 is 5.97 Å². The molecule has 0 saturated carbocycles. The summed E-state index contributed by atoms with van der Waals surface area (Å²) in [5, 5.41) is 12.4. The Morgan fingerprint density at radius 3 is 2.59 bits per heavy atom. The van der Waals surface area contributed by atoms with E-state index >= 15 is 0 Å². The Balaban J connectivity index is 2.78. The smallest absolute Gasteiger partial charge is 0.348 e. The molecule has 0 aliphatic rings. The summed E-state index contributed by atoms with van der Waals surface area (Å²) in [4.78, 5) is 24.1. The van der Waals surface area contributed by atoms with Crippen LogP contribution in [0.1, 0.15) is 66.8 Å². The van der Waals surface area contributed by atoms with Gasteiger partial charge in [-0.2, -0.15) is 5.26 Å². The lowest BCUT2D eigenvalue weighted by Gasteiger charge is -2.03. The first-order chi connectivity index (χ1) is 10.5. The molecule has 1 aromatic rings. The summed E-state index contributed by atoms with van der Waals surface area (Å²) in [6.45, 7) is 5.81. The van der Waals surface area contributed by atoms with E-state index in [0.29, 0.717) is 27.4 Å². The molecule has 0 bridgehead atoms. The first kappa shape index (κ1) is 18.2. The summed E-state index contributed by atoms with van der Waals surface area (Å²) in [6.07, 6.45) is 4.51. The Bertz CT molecular complexity index is 573. The minimum Gasteiger partial charge on any atom is -0.462 e. The van der Waals surface area contributed by atoms with Crippen LogP contribution in [0.2, 0.25) is 0 Å². The van der Waals surface area contributed by atoms with Crippen molar-refractivity contribution in [2.24, 2.45) is 0 Å². The number of anilines is 1. The van der Waals surface area contributed by atoms with Gasteiger partial charge >= 0.3 is 5.97 Å². The quantitative estimate of drug-likeness (QED) is 0.579. The van der Waals surface area contributed by atoms with Gasteiger partial charge in [-0.3, -0.25) is 4.79 Å². The molecule has 0 aromatic carbocycles. The third kappa shape index (κ3) is 4.85. The number of thiophene rings is 1. The minimum absolute atomic E-state index is 0.121. The number of amides is 1. The molecular formula is C16H22N2O3S. The van der Waals surface area contributed by atoms with Crippen LogP contribution in [0.25, 0.3) is 0 Å². The maximum atomic E-state index is 11.9. The molecule has 1 N–H and O–H groups in total. The average molecular weight is 322 g/mol. The summed E-state index contributed by atoms with van der Waals surface area (Å²) in [5.74, 6) is -0.575. The largest absolute Gasteiger partial charge is 0.462 e. The lowest BCUT2D eigenvalue weighted by atomic mass is 10.1. The van der Waals surface area contributed by atoms with Gasteiger partial charge in [-0.25, -0.2) is 4.79 Å². The van der Waals surface area contributed by atoms with Crippen LogP contribution in [0.15, 0.2) is 0 Å². The van der Waals surface area contributed by atoms with E-state index in [-0.39, 0.29) is 12.5 Å². The van der Waals surface area contributed by atoms with Crippen LogP contribution >= 0.6 is 11.3 Å². The normalized spacial score (nSPS) is 10.1. The predicted molar refractivity (Wildman–Crippen MR) is 87.1 cm³/mol. The fourth-order valence-electron chi connectivity index (χ4n) is 2.03. The molecule has 1 amide bonds. The zero-order valence-corrected chi connectivity index (χ0v) is 14.1. The van der Waals surface area contributed by atoms with Crippen molar-refractivity contribution in [3.63, 3.8) is 0 Å². The molecule has 0 atom stereocenters. The number of carbonyl (C=O) groups is 2. The maximum Gasteiger partial charge on any atom is 0.348 e. The SMILES string of the molecule is CCCCCCC(=O)Nc1sc(C(=O)OCC)c(C)c1C#N. The molecule has 120 valence electrons. The Morgan fingerprint density at radius 1 is 1.27 bits per heavy atom. The average Bonchev–Trinajstić information content (AvgIpc) is 2.80. The van der Waals surface area contributed by atoms with Crippen molar-refractivity contribution >= 4 is 28.2 Å². The zero-order valence-electron chi connectivity index (χ0n) is 13.3. The highest BCUT2D eigenvalue weighted by atomic mass is 32.1. The second-order valence-electron chi connectivity index (χ2n) is 4.95. The predicted octanol–water partition coefficient (Wildman–Crippen LogP) is 4.01. The number of unbranched alkanes of at least 4 members (excludes halogenated alkanes) is 3. The molecule has 0 saturated heterocycles. The lowest BCUT2D eigenvalue weighted by molar-refractivity contribution is -0.116. The molecule has 1 rings (SSSR count). The number of ether oxygens (including phenoxy) is 1. The lowest BCUT2D eigenvalue weighted by Crippen LogP contribution is -2.10. The summed E-state index contributed by atoms with van der Waals surface area (Å²) >= 11 is 1.10. The monoisotopic (exact) mass is 322 g/mol. The van der Waals surface area contributed by atoms with Gasteiger partial charge in [0.1, 0.15) is 15.9 Å². The van der Waals surface area contributed by atoms with Gasteiger partial charge in [-0.1, -0.05) is 26.2 Å². The van der Waals surface area contributed by atoms with Gasteiger partial charge in [0.15, 0.2) is 0 Å². The van der Waals surface area contributed by atoms with Crippen molar-refractivity contribution in [3.8, 4) is 6.07 Å². The molecule has 5 nitrogen and oxygen atoms in total. The highest BCUT2D eigenvalue weighted by Crippen LogP contribution is 2.33. The summed E-state index contributed by atoms with van der Waals surface area (Å²) in [5.41, 5.74) is 0.905. The molecule has 22 heavy (non-hydrogen) atoms. The van der Waals surface area contributed by atoms with Crippen LogP contribution in [0.5, 0.6) is 0 Å². The van der Waals surface area contributed by atoms with E-state index in [0.717, 1.165) is 37.0 Å². The van der Waals surface area contributed by atoms with Crippen LogP contribution in [0, 0.1) is 18.3 Å². The van der Waals surface area contributed by atoms with E-state index in [2.05, 4.69) is 18.3 Å². The van der Waals surface area contributed by atoms with E-state index in [1.807, 2.05) is 0 Å². The van der Waals surface area contributed by atoms with Gasteiger partial charge in [0.2, 0.25) is 5.91 Å². The maximum absolute atomic E-state index is 11.9. The first-order valence-electron chi connectivity index (χ1n) is 7.55. The Hall–Kier alpha value is -1.87. The number of nitrogens with one attached hydrogen (secondary N) is 1. The van der Waals surface area contributed by atoms with Gasteiger partial charge in [-0.05, 0) is 25.8 Å². The molecule has 0 aliphatic heterocycles. The first-order valence-corrected chi connectivity index (χ1v) is 8.37. The molecule has 6 heteroatoms. The second-order valence-corrected chi connectivity index (χ2v) is 5.97. The third-order valence-electron chi connectivity index (χ3n) is 3.23. The summed E-state index contributed by atoms with van der Waals surface area (Å²) in [7, 11) is 0. The molecule has 0 radical (unpaired) electrons. The molecule has 1 heterocycles. The van der Waals surface area contributed by atoms with Crippen molar-refractivity contribution in [3.05, 3.63) is 16.0 Å². The minimum atomic E-state index is -0.454. The number of esters is 1. The summed E-state index contributed by atoms with van der Waals surface area (Å²) in [6, 6.07) is 2.05. The van der Waals surface area contributed by atoms with Crippen molar-refractivity contribution in [2.75, 3.05) is 11.9 Å². The van der Waals surface area contributed by atoms with Crippen LogP contribution in [0.4, 0.5) is 5.00 Å². The number of nitrogens with zero attached hydrogens (tertiary/aromatic N) is 1. The molecule has 0 unspecified atom stereocenters. The van der Waals surface area contributed by atoms with E-state index in [4.69, 9.17) is 4.74 Å². The topological polar surface area (TPSA) is 79.2 Å². The molecular weight excluding hydrogens is 300 g/mol.